The van der Waals surface area contributed by atoms with Crippen molar-refractivity contribution in [1.82, 2.24) is 4.90 Å². The van der Waals surface area contributed by atoms with Gasteiger partial charge in [-0.1, -0.05) is 18.2 Å². The van der Waals surface area contributed by atoms with Crippen LogP contribution in [0.3, 0.4) is 0 Å². The van der Waals surface area contributed by atoms with E-state index in [2.05, 4.69) is 10.1 Å². The first-order valence-corrected chi connectivity index (χ1v) is 8.60. The summed E-state index contributed by atoms with van der Waals surface area (Å²) in [5.74, 6) is 0.283. The molecule has 0 bridgehead atoms. The Morgan fingerprint density at radius 2 is 1.79 bits per heavy atom. The number of benzene rings is 2. The van der Waals surface area contributed by atoms with E-state index < -0.39 is 5.97 Å². The Labute approximate surface area is 162 Å². The number of urea groups is 1. The molecule has 2 amide bonds. The average molecular weight is 380 g/mol. The second-order valence-electron chi connectivity index (χ2n) is 6.06. The number of hydrogen-bond acceptors (Lipinski definition) is 5. The van der Waals surface area contributed by atoms with E-state index in [1.54, 1.807) is 60.7 Å². The number of furan rings is 1. The second-order valence-corrected chi connectivity index (χ2v) is 6.06. The summed E-state index contributed by atoms with van der Waals surface area (Å²) in [5, 5.41) is 12.8. The molecule has 0 spiro atoms. The molecule has 0 unspecified atom stereocenters. The number of carbonyl (C=O) groups excluding carboxylic acids is 2. The Hall–Kier alpha value is -3.74. The number of hydrogen-bond donors (Lipinski definition) is 2. The number of esters is 1. The van der Waals surface area contributed by atoms with Crippen molar-refractivity contribution in [2.75, 3.05) is 12.4 Å². The van der Waals surface area contributed by atoms with Crippen molar-refractivity contribution in [3.05, 3.63) is 83.8 Å². The number of aromatic hydroxyl groups is 1. The van der Waals surface area contributed by atoms with E-state index in [0.717, 1.165) is 0 Å². The van der Waals surface area contributed by atoms with E-state index in [9.17, 15) is 14.7 Å². The van der Waals surface area contributed by atoms with Crippen LogP contribution in [-0.2, 0) is 17.8 Å². The predicted molar refractivity (Wildman–Crippen MR) is 103 cm³/mol. The number of anilines is 1. The summed E-state index contributed by atoms with van der Waals surface area (Å²) in [7, 11) is 1.31. The Kier molecular flexibility index (Phi) is 5.96. The maximum Gasteiger partial charge on any atom is 0.337 e. The summed E-state index contributed by atoms with van der Waals surface area (Å²) >= 11 is 0. The van der Waals surface area contributed by atoms with Gasteiger partial charge < -0.3 is 24.5 Å². The van der Waals surface area contributed by atoms with Crippen molar-refractivity contribution in [2.45, 2.75) is 13.1 Å². The van der Waals surface area contributed by atoms with Crippen LogP contribution in [0.25, 0.3) is 0 Å². The fraction of sp³-hybridized carbons (Fsp3) is 0.143. The number of phenolic OH excluding ortho intramolecular Hbond substituents is 1. The molecule has 0 radical (unpaired) electrons. The minimum absolute atomic E-state index is 0.113. The lowest BCUT2D eigenvalue weighted by molar-refractivity contribution is 0.0600. The molecule has 7 nitrogen and oxygen atoms in total. The Bertz CT molecular complexity index is 936. The summed E-state index contributed by atoms with van der Waals surface area (Å²) in [5.41, 5.74) is 1.53. The number of nitrogens with zero attached hydrogens (tertiary/aromatic N) is 1. The number of carbonyl (C=O) groups is 2. The van der Waals surface area contributed by atoms with E-state index >= 15 is 0 Å². The van der Waals surface area contributed by atoms with Gasteiger partial charge in [-0.15, -0.1) is 0 Å². The zero-order valence-corrected chi connectivity index (χ0v) is 15.3. The van der Waals surface area contributed by atoms with E-state index in [1.165, 1.54) is 18.3 Å². The third-order valence-electron chi connectivity index (χ3n) is 4.12. The van der Waals surface area contributed by atoms with Gasteiger partial charge in [-0.25, -0.2) is 9.59 Å². The van der Waals surface area contributed by atoms with Crippen molar-refractivity contribution in [2.24, 2.45) is 0 Å². The number of methoxy groups -OCH3 is 1. The van der Waals surface area contributed by atoms with Crippen LogP contribution in [0.1, 0.15) is 21.7 Å². The SMILES string of the molecule is COC(=O)c1ccc(NC(=O)N(Cc2ccco2)Cc2ccccc2O)cc1. The number of nitrogens with one attached hydrogen (secondary N) is 1. The van der Waals surface area contributed by atoms with Gasteiger partial charge in [0.05, 0.1) is 32.0 Å². The molecule has 0 aliphatic carbocycles. The molecule has 1 heterocycles. The number of amides is 2. The number of ether oxygens (including phenoxy) is 1. The third-order valence-corrected chi connectivity index (χ3v) is 4.12. The molecule has 28 heavy (non-hydrogen) atoms. The first kappa shape index (κ1) is 19.0. The number of rotatable bonds is 6. The summed E-state index contributed by atoms with van der Waals surface area (Å²) in [6.07, 6.45) is 1.54. The van der Waals surface area contributed by atoms with Crippen LogP contribution in [0.4, 0.5) is 10.5 Å². The molecule has 7 heteroatoms. The van der Waals surface area contributed by atoms with Crippen molar-refractivity contribution in [3.63, 3.8) is 0 Å². The molecule has 2 N–H and O–H groups in total. The van der Waals surface area contributed by atoms with Crippen molar-refractivity contribution in [1.29, 1.82) is 0 Å². The monoisotopic (exact) mass is 380 g/mol. The third kappa shape index (κ3) is 4.70. The van der Waals surface area contributed by atoms with Gasteiger partial charge in [0.1, 0.15) is 11.5 Å². The highest BCUT2D eigenvalue weighted by Gasteiger charge is 2.18. The van der Waals surface area contributed by atoms with Crippen LogP contribution in [0, 0.1) is 0 Å². The smallest absolute Gasteiger partial charge is 0.337 e. The van der Waals surface area contributed by atoms with Crippen LogP contribution in [0.5, 0.6) is 5.75 Å². The fourth-order valence-electron chi connectivity index (χ4n) is 2.65. The second kappa shape index (κ2) is 8.77. The zero-order chi connectivity index (χ0) is 19.9. The zero-order valence-electron chi connectivity index (χ0n) is 15.3. The van der Waals surface area contributed by atoms with Crippen LogP contribution >= 0.6 is 0 Å². The molecule has 2 aromatic carbocycles. The van der Waals surface area contributed by atoms with Crippen LogP contribution < -0.4 is 5.32 Å². The highest BCUT2D eigenvalue weighted by atomic mass is 16.5. The largest absolute Gasteiger partial charge is 0.508 e. The Morgan fingerprint density at radius 1 is 1.04 bits per heavy atom. The lowest BCUT2D eigenvalue weighted by atomic mass is 10.2. The molecule has 0 aliphatic rings. The molecule has 144 valence electrons. The van der Waals surface area contributed by atoms with Gasteiger partial charge in [-0.05, 0) is 42.5 Å². The quantitative estimate of drug-likeness (QED) is 0.631. The summed E-state index contributed by atoms with van der Waals surface area (Å²) in [6.45, 7) is 0.423. The van der Waals surface area contributed by atoms with E-state index in [-0.39, 0.29) is 24.9 Å². The summed E-state index contributed by atoms with van der Waals surface area (Å²) in [6, 6.07) is 16.4. The van der Waals surface area contributed by atoms with Crippen LogP contribution in [0.2, 0.25) is 0 Å². The summed E-state index contributed by atoms with van der Waals surface area (Å²) in [4.78, 5) is 25.9. The van der Waals surface area contributed by atoms with Gasteiger partial charge in [0.25, 0.3) is 0 Å². The molecule has 1 aromatic heterocycles. The Balaban J connectivity index is 1.76. The van der Waals surface area contributed by atoms with Crippen molar-refractivity contribution >= 4 is 17.7 Å². The maximum absolute atomic E-state index is 12.8. The van der Waals surface area contributed by atoms with Gasteiger partial charge in [0.15, 0.2) is 0 Å². The molecule has 3 aromatic rings. The van der Waals surface area contributed by atoms with Crippen LogP contribution in [-0.4, -0.2) is 29.1 Å². The van der Waals surface area contributed by atoms with Gasteiger partial charge in [0, 0.05) is 11.3 Å². The van der Waals surface area contributed by atoms with Crippen molar-refractivity contribution in [3.8, 4) is 5.75 Å². The van der Waals surface area contributed by atoms with Gasteiger partial charge in [0.2, 0.25) is 0 Å². The molecule has 3 rings (SSSR count). The molecule has 0 fully saturated rings. The minimum Gasteiger partial charge on any atom is -0.508 e. The number of phenols is 1. The van der Waals surface area contributed by atoms with E-state index in [4.69, 9.17) is 4.42 Å². The lowest BCUT2D eigenvalue weighted by Gasteiger charge is -2.23. The molecule has 0 aliphatic heterocycles. The first-order chi connectivity index (χ1) is 13.6. The Morgan fingerprint density at radius 3 is 2.43 bits per heavy atom. The minimum atomic E-state index is -0.447. The fourth-order valence-corrected chi connectivity index (χ4v) is 2.65. The van der Waals surface area contributed by atoms with Gasteiger partial charge in [-0.3, -0.25) is 0 Å². The highest BCUT2D eigenvalue weighted by Crippen LogP contribution is 2.20. The molecule has 0 saturated heterocycles. The predicted octanol–water partition coefficient (Wildman–Crippen LogP) is 4.01. The standard InChI is InChI=1S/C21H20N2O5/c1-27-20(25)15-8-10-17(11-9-15)22-21(26)23(14-18-6-4-12-28-18)13-16-5-2-3-7-19(16)24/h2-12,24H,13-14H2,1H3,(H,22,26). The topological polar surface area (TPSA) is 92.0 Å². The normalized spacial score (nSPS) is 10.3. The van der Waals surface area contributed by atoms with E-state index in [1.807, 2.05) is 0 Å². The first-order valence-electron chi connectivity index (χ1n) is 8.60. The highest BCUT2D eigenvalue weighted by molar-refractivity contribution is 5.92. The maximum atomic E-state index is 12.8. The molecule has 0 saturated carbocycles. The molecular formula is C21H20N2O5. The van der Waals surface area contributed by atoms with Crippen molar-refractivity contribution < 1.29 is 23.8 Å². The number of para-hydroxylation sites is 1. The van der Waals surface area contributed by atoms with Gasteiger partial charge >= 0.3 is 12.0 Å². The average Bonchev–Trinajstić information content (AvgIpc) is 3.22. The lowest BCUT2D eigenvalue weighted by Crippen LogP contribution is -2.34. The molecule has 0 atom stereocenters. The van der Waals surface area contributed by atoms with Gasteiger partial charge in [-0.2, -0.15) is 0 Å². The summed E-state index contributed by atoms with van der Waals surface area (Å²) < 4.78 is 10.0. The van der Waals surface area contributed by atoms with Crippen LogP contribution in [0.15, 0.2) is 71.3 Å². The molecular weight excluding hydrogens is 360 g/mol. The van der Waals surface area contributed by atoms with E-state index in [0.29, 0.717) is 22.6 Å².